The molecule has 202 valence electrons. The average molecular weight is 525 g/mol. The fourth-order valence-electron chi connectivity index (χ4n) is 4.40. The summed E-state index contributed by atoms with van der Waals surface area (Å²) in [4.78, 5) is 2.13. The van der Waals surface area contributed by atoms with Crippen LogP contribution in [0.1, 0.15) is 78.1 Å². The minimum Gasteiger partial charge on any atom is -0.490 e. The van der Waals surface area contributed by atoms with Gasteiger partial charge in [-0.2, -0.15) is 0 Å². The molecular weight excluding hydrogens is 480 g/mol. The Balaban J connectivity index is 1.77. The third-order valence-electron chi connectivity index (χ3n) is 6.54. The smallest absolute Gasteiger partial charge is 0.141 e. The maximum Gasteiger partial charge on any atom is 0.141 e. The van der Waals surface area contributed by atoms with Crippen molar-refractivity contribution < 1.29 is 19.7 Å². The lowest BCUT2D eigenvalue weighted by molar-refractivity contribution is 0.0966. The number of hydrogen-bond acceptors (Lipinski definition) is 5. The van der Waals surface area contributed by atoms with Crippen molar-refractivity contribution in [3.63, 3.8) is 0 Å². The summed E-state index contributed by atoms with van der Waals surface area (Å²) in [5.74, 6) is 1.51. The van der Waals surface area contributed by atoms with E-state index < -0.39 is 12.2 Å². The zero-order valence-electron chi connectivity index (χ0n) is 22.5. The van der Waals surface area contributed by atoms with Crippen LogP contribution in [0.25, 0.3) is 10.8 Å². The van der Waals surface area contributed by atoms with E-state index in [-0.39, 0.29) is 13.2 Å². The number of aliphatic hydroxyl groups excluding tert-OH is 2. The van der Waals surface area contributed by atoms with E-state index in [1.165, 1.54) is 25.7 Å². The summed E-state index contributed by atoms with van der Waals surface area (Å²) in [6.07, 6.45) is 9.63. The molecule has 2 atom stereocenters. The summed E-state index contributed by atoms with van der Waals surface area (Å²) in [5, 5.41) is 22.9. The Kier molecular flexibility index (Phi) is 13.2. The molecule has 3 aromatic carbocycles. The molecule has 0 heterocycles. The molecule has 2 unspecified atom stereocenters. The van der Waals surface area contributed by atoms with Gasteiger partial charge in [-0.1, -0.05) is 107 Å². The first-order chi connectivity index (χ1) is 18.1. The van der Waals surface area contributed by atoms with Crippen LogP contribution in [0.5, 0.6) is 11.5 Å². The highest BCUT2D eigenvalue weighted by molar-refractivity contribution is 7.99. The predicted octanol–water partition coefficient (Wildman–Crippen LogP) is 8.41. The SMILES string of the molecule is CCCCCCC(O)COc1cccc2c(OCC(O)CCCCCC)c(Sc3ccccc3)ccc12. The molecule has 3 aromatic rings. The molecule has 0 bridgehead atoms. The molecule has 4 nitrogen and oxygen atoms in total. The fraction of sp³-hybridized carbons (Fsp3) is 0.500. The molecule has 0 aliphatic rings. The van der Waals surface area contributed by atoms with E-state index in [1.54, 1.807) is 11.8 Å². The maximum atomic E-state index is 10.6. The van der Waals surface area contributed by atoms with Gasteiger partial charge in [-0.3, -0.25) is 0 Å². The summed E-state index contributed by atoms with van der Waals surface area (Å²) in [6.45, 7) is 4.92. The molecule has 0 aliphatic heterocycles. The second kappa shape index (κ2) is 16.6. The topological polar surface area (TPSA) is 58.9 Å². The zero-order valence-corrected chi connectivity index (χ0v) is 23.3. The van der Waals surface area contributed by atoms with Crippen molar-refractivity contribution in [1.82, 2.24) is 0 Å². The second-order valence-corrected chi connectivity index (χ2v) is 10.9. The first kappa shape index (κ1) is 29.3. The van der Waals surface area contributed by atoms with E-state index in [4.69, 9.17) is 9.47 Å². The molecule has 0 fully saturated rings. The molecule has 0 amide bonds. The monoisotopic (exact) mass is 524 g/mol. The van der Waals surface area contributed by atoms with Gasteiger partial charge < -0.3 is 19.7 Å². The number of fused-ring (bicyclic) bond motifs is 1. The Labute approximate surface area is 227 Å². The lowest BCUT2D eigenvalue weighted by Crippen LogP contribution is -2.18. The van der Waals surface area contributed by atoms with Crippen molar-refractivity contribution in [1.29, 1.82) is 0 Å². The van der Waals surface area contributed by atoms with E-state index >= 15 is 0 Å². The highest BCUT2D eigenvalue weighted by Gasteiger charge is 2.16. The lowest BCUT2D eigenvalue weighted by atomic mass is 10.1. The number of ether oxygens (including phenoxy) is 2. The number of unbranched alkanes of at least 4 members (excludes halogenated alkanes) is 6. The van der Waals surface area contributed by atoms with Gasteiger partial charge in [0.05, 0.1) is 17.1 Å². The van der Waals surface area contributed by atoms with Crippen LogP contribution < -0.4 is 9.47 Å². The van der Waals surface area contributed by atoms with Gasteiger partial charge in [-0.25, -0.2) is 0 Å². The van der Waals surface area contributed by atoms with E-state index in [0.29, 0.717) is 0 Å². The van der Waals surface area contributed by atoms with Crippen LogP contribution >= 0.6 is 11.8 Å². The Morgan fingerprint density at radius 3 is 1.95 bits per heavy atom. The highest BCUT2D eigenvalue weighted by atomic mass is 32.2. The van der Waals surface area contributed by atoms with Crippen molar-refractivity contribution in [2.24, 2.45) is 0 Å². The summed E-state index contributed by atoms with van der Waals surface area (Å²) in [7, 11) is 0. The van der Waals surface area contributed by atoms with Crippen LogP contribution in [-0.4, -0.2) is 35.6 Å². The normalized spacial score (nSPS) is 13.0. The molecule has 0 spiro atoms. The third-order valence-corrected chi connectivity index (χ3v) is 7.59. The van der Waals surface area contributed by atoms with Crippen LogP contribution in [0.4, 0.5) is 0 Å². The quantitative estimate of drug-likeness (QED) is 0.164. The molecule has 0 radical (unpaired) electrons. The maximum absolute atomic E-state index is 10.6. The molecule has 0 saturated carbocycles. The highest BCUT2D eigenvalue weighted by Crippen LogP contribution is 2.42. The minimum absolute atomic E-state index is 0.259. The van der Waals surface area contributed by atoms with Crippen molar-refractivity contribution in [3.8, 4) is 11.5 Å². The van der Waals surface area contributed by atoms with E-state index in [1.807, 2.05) is 36.4 Å². The zero-order chi connectivity index (χ0) is 26.3. The van der Waals surface area contributed by atoms with E-state index in [2.05, 4.69) is 38.1 Å². The van der Waals surface area contributed by atoms with E-state index in [0.717, 1.165) is 70.6 Å². The van der Waals surface area contributed by atoms with Crippen molar-refractivity contribution >= 4 is 22.5 Å². The van der Waals surface area contributed by atoms with Gasteiger partial charge >= 0.3 is 0 Å². The second-order valence-electron chi connectivity index (χ2n) is 9.79. The van der Waals surface area contributed by atoms with Gasteiger partial charge in [-0.05, 0) is 43.2 Å². The number of hydrogen-bond donors (Lipinski definition) is 2. The van der Waals surface area contributed by atoms with E-state index in [9.17, 15) is 10.2 Å². The van der Waals surface area contributed by atoms with Crippen molar-refractivity contribution in [2.75, 3.05) is 13.2 Å². The third kappa shape index (κ3) is 9.88. The van der Waals surface area contributed by atoms with Gasteiger partial charge in [0.25, 0.3) is 0 Å². The Hall–Kier alpha value is -2.21. The number of rotatable bonds is 18. The van der Waals surface area contributed by atoms with Gasteiger partial charge in [0.15, 0.2) is 0 Å². The largest absolute Gasteiger partial charge is 0.490 e. The standard InChI is InChI=1S/C32H44O4S/c1-3-5-7-10-15-25(33)23-35-30-20-14-19-29-28(30)21-22-31(37-27-17-12-9-13-18-27)32(29)36-24-26(34)16-11-8-6-4-2/h9,12-14,17-22,25-26,33-34H,3-8,10-11,15-16,23-24H2,1-2H3. The summed E-state index contributed by atoms with van der Waals surface area (Å²) in [6, 6.07) is 20.3. The molecular formula is C32H44O4S. The van der Waals surface area contributed by atoms with Crippen LogP contribution in [-0.2, 0) is 0 Å². The molecule has 0 aliphatic carbocycles. The molecule has 2 N–H and O–H groups in total. The summed E-state index contributed by atoms with van der Waals surface area (Å²) in [5.41, 5.74) is 0. The Bertz CT molecular complexity index is 1040. The van der Waals surface area contributed by atoms with Gasteiger partial charge in [0.2, 0.25) is 0 Å². The Morgan fingerprint density at radius 1 is 0.649 bits per heavy atom. The molecule has 0 saturated heterocycles. The molecule has 37 heavy (non-hydrogen) atoms. The van der Waals surface area contributed by atoms with Crippen molar-refractivity contribution in [3.05, 3.63) is 60.7 Å². The van der Waals surface area contributed by atoms with Gasteiger partial charge in [-0.15, -0.1) is 0 Å². The molecule has 0 aromatic heterocycles. The fourth-order valence-corrected chi connectivity index (χ4v) is 5.34. The first-order valence-electron chi connectivity index (χ1n) is 14.0. The lowest BCUT2D eigenvalue weighted by Gasteiger charge is -2.19. The number of benzene rings is 3. The van der Waals surface area contributed by atoms with Gasteiger partial charge in [0.1, 0.15) is 24.7 Å². The predicted molar refractivity (Wildman–Crippen MR) is 155 cm³/mol. The van der Waals surface area contributed by atoms with Crippen molar-refractivity contribution in [2.45, 2.75) is 100 Å². The molecule has 3 rings (SSSR count). The minimum atomic E-state index is -0.496. The van der Waals surface area contributed by atoms with Crippen LogP contribution in [0.15, 0.2) is 70.5 Å². The first-order valence-corrected chi connectivity index (χ1v) is 14.8. The van der Waals surface area contributed by atoms with Crippen LogP contribution in [0.3, 0.4) is 0 Å². The summed E-state index contributed by atoms with van der Waals surface area (Å²) >= 11 is 1.65. The molecule has 5 heteroatoms. The van der Waals surface area contributed by atoms with Crippen LogP contribution in [0.2, 0.25) is 0 Å². The average Bonchev–Trinajstić information content (AvgIpc) is 2.92. The Morgan fingerprint density at radius 2 is 1.30 bits per heavy atom. The van der Waals surface area contributed by atoms with Gasteiger partial charge in [0, 0.05) is 15.7 Å². The summed E-state index contributed by atoms with van der Waals surface area (Å²) < 4.78 is 12.4. The van der Waals surface area contributed by atoms with Crippen LogP contribution in [0, 0.1) is 0 Å². The number of aliphatic hydroxyl groups is 2.